The van der Waals surface area contributed by atoms with Crippen LogP contribution < -0.4 is 16.2 Å². The normalized spacial score (nSPS) is 19.0. The van der Waals surface area contributed by atoms with Gasteiger partial charge in [-0.2, -0.15) is 13.2 Å². The lowest BCUT2D eigenvalue weighted by molar-refractivity contribution is -0.0933. The number of allylic oxidation sites excluding steroid dienone is 2. The Morgan fingerprint density at radius 3 is 2.55 bits per heavy atom. The molecular formula is C20H24F3N5O3S2. The first kappa shape index (κ1) is 25.3. The van der Waals surface area contributed by atoms with E-state index >= 15 is 0 Å². The number of aliphatic hydroxyl groups excluding tert-OH is 1. The molecule has 1 fully saturated rings. The van der Waals surface area contributed by atoms with Crippen LogP contribution in [0, 0.1) is 0 Å². The molecule has 0 saturated heterocycles. The fraction of sp³-hybridized carbons (Fsp3) is 0.400. The molecule has 0 aliphatic heterocycles. The van der Waals surface area contributed by atoms with E-state index in [2.05, 4.69) is 15.3 Å². The van der Waals surface area contributed by atoms with Crippen molar-refractivity contribution in [3.63, 3.8) is 0 Å². The highest BCUT2D eigenvalue weighted by molar-refractivity contribution is 7.89. The van der Waals surface area contributed by atoms with Crippen LogP contribution in [0.4, 0.5) is 13.2 Å². The zero-order valence-corrected chi connectivity index (χ0v) is 19.1. The van der Waals surface area contributed by atoms with Crippen molar-refractivity contribution < 1.29 is 26.7 Å². The van der Waals surface area contributed by atoms with Gasteiger partial charge < -0.3 is 10.8 Å². The van der Waals surface area contributed by atoms with E-state index < -0.39 is 28.1 Å². The quantitative estimate of drug-likeness (QED) is 0.428. The Morgan fingerprint density at radius 1 is 1.24 bits per heavy atom. The van der Waals surface area contributed by atoms with Crippen molar-refractivity contribution in [3.05, 3.63) is 57.2 Å². The number of hydrogen-bond acceptors (Lipinski definition) is 8. The maximum atomic E-state index is 13.0. The smallest absolute Gasteiger partial charge is 0.394 e. The van der Waals surface area contributed by atoms with Crippen LogP contribution in [0.25, 0.3) is 0 Å². The van der Waals surface area contributed by atoms with Crippen LogP contribution in [-0.2, 0) is 23.1 Å². The maximum Gasteiger partial charge on any atom is 0.431 e. The van der Waals surface area contributed by atoms with Crippen molar-refractivity contribution in [2.45, 2.75) is 56.1 Å². The fourth-order valence-corrected chi connectivity index (χ4v) is 4.58. The number of primary sulfonamides is 1. The van der Waals surface area contributed by atoms with Crippen molar-refractivity contribution in [2.24, 2.45) is 15.9 Å². The average Bonchev–Trinajstić information content (AvgIpc) is 3.24. The first-order chi connectivity index (χ1) is 15.4. The van der Waals surface area contributed by atoms with Gasteiger partial charge in [0.2, 0.25) is 10.0 Å². The number of aromatic nitrogens is 1. The van der Waals surface area contributed by atoms with Gasteiger partial charge in [-0.3, -0.25) is 10.3 Å². The van der Waals surface area contributed by atoms with E-state index in [0.29, 0.717) is 29.3 Å². The molecule has 3 rings (SSSR count). The molecule has 6 N–H and O–H groups in total. The van der Waals surface area contributed by atoms with Crippen LogP contribution in [-0.4, -0.2) is 30.4 Å². The molecule has 1 heterocycles. The van der Waals surface area contributed by atoms with Crippen molar-refractivity contribution in [1.29, 1.82) is 0 Å². The van der Waals surface area contributed by atoms with E-state index in [1.165, 1.54) is 23.5 Å². The predicted molar refractivity (Wildman–Crippen MR) is 119 cm³/mol. The largest absolute Gasteiger partial charge is 0.431 e. The standard InChI is InChI=1S/C20H24F3N5O3S2/c21-20(22,23)18(24)14-3-1-2-4-15(14)26-10-17-28-16(11-32-17)19(29)27-9-12-5-7-13(8-6-12)33(25,30)31/h5-8,11,19,27,29H,1-4,9-10,24H2,(H2,25,30,31). The van der Waals surface area contributed by atoms with Crippen LogP contribution in [0.5, 0.6) is 0 Å². The summed E-state index contributed by atoms with van der Waals surface area (Å²) in [5.41, 5.74) is 5.73. The van der Waals surface area contributed by atoms with Gasteiger partial charge in [0.15, 0.2) is 0 Å². The molecule has 1 saturated carbocycles. The molecular weight excluding hydrogens is 479 g/mol. The molecule has 1 aromatic carbocycles. The molecule has 180 valence electrons. The number of nitrogens with two attached hydrogens (primary N) is 2. The number of benzene rings is 1. The van der Waals surface area contributed by atoms with E-state index in [9.17, 15) is 26.7 Å². The number of thiazole rings is 1. The van der Waals surface area contributed by atoms with Crippen LogP contribution in [0.15, 0.2) is 50.8 Å². The van der Waals surface area contributed by atoms with Crippen LogP contribution in [0.2, 0.25) is 0 Å². The zero-order chi connectivity index (χ0) is 24.2. The van der Waals surface area contributed by atoms with Gasteiger partial charge in [0.25, 0.3) is 0 Å². The molecule has 8 nitrogen and oxygen atoms in total. The van der Waals surface area contributed by atoms with Crippen LogP contribution >= 0.6 is 11.3 Å². The van der Waals surface area contributed by atoms with Gasteiger partial charge in [0.1, 0.15) is 16.9 Å². The molecule has 0 bridgehead atoms. The SMILES string of the molecule is NC(=C1CCCCC1=NCc1nc(C(O)NCc2ccc(S(N)(=O)=O)cc2)cs1)C(F)(F)F. The van der Waals surface area contributed by atoms with Gasteiger partial charge in [-0.05, 0) is 43.4 Å². The van der Waals surface area contributed by atoms with Crippen molar-refractivity contribution in [1.82, 2.24) is 10.3 Å². The molecule has 13 heteroatoms. The third-order valence-corrected chi connectivity index (χ3v) is 6.86. The molecule has 33 heavy (non-hydrogen) atoms. The van der Waals surface area contributed by atoms with E-state index in [1.807, 2.05) is 0 Å². The third kappa shape index (κ3) is 6.84. The highest BCUT2D eigenvalue weighted by Crippen LogP contribution is 2.31. The minimum Gasteiger partial charge on any atom is -0.394 e. The lowest BCUT2D eigenvalue weighted by atomic mass is 9.91. The number of halogens is 3. The molecule has 2 aromatic rings. The Morgan fingerprint density at radius 2 is 1.91 bits per heavy atom. The number of alkyl halides is 3. The highest BCUT2D eigenvalue weighted by atomic mass is 32.2. The number of nitrogens with zero attached hydrogens (tertiary/aromatic N) is 2. The lowest BCUT2D eigenvalue weighted by Crippen LogP contribution is -2.26. The molecule has 1 atom stereocenters. The van der Waals surface area contributed by atoms with E-state index in [0.717, 1.165) is 12.0 Å². The summed E-state index contributed by atoms with van der Waals surface area (Å²) in [5.74, 6) is 0. The molecule has 0 radical (unpaired) electrons. The molecule has 1 aliphatic rings. The van der Waals surface area contributed by atoms with Gasteiger partial charge in [0, 0.05) is 23.2 Å². The Labute approximate surface area is 193 Å². The minimum atomic E-state index is -4.59. The molecule has 1 unspecified atom stereocenters. The van der Waals surface area contributed by atoms with Gasteiger partial charge >= 0.3 is 6.18 Å². The van der Waals surface area contributed by atoms with Gasteiger partial charge in [-0.15, -0.1) is 11.3 Å². The van der Waals surface area contributed by atoms with E-state index in [-0.39, 0.29) is 30.0 Å². The number of nitrogens with one attached hydrogen (secondary N) is 1. The molecule has 1 aromatic heterocycles. The summed E-state index contributed by atoms with van der Waals surface area (Å²) in [7, 11) is -3.78. The van der Waals surface area contributed by atoms with Crippen molar-refractivity contribution in [2.75, 3.05) is 0 Å². The first-order valence-corrected chi connectivity index (χ1v) is 12.4. The number of aliphatic hydroxyl groups is 1. The average molecular weight is 504 g/mol. The monoisotopic (exact) mass is 503 g/mol. The summed E-state index contributed by atoms with van der Waals surface area (Å²) in [6.07, 6.45) is -3.62. The summed E-state index contributed by atoms with van der Waals surface area (Å²) in [6, 6.07) is 5.89. The fourth-order valence-electron chi connectivity index (χ4n) is 3.33. The molecule has 1 aliphatic carbocycles. The summed E-state index contributed by atoms with van der Waals surface area (Å²) >= 11 is 1.24. The van der Waals surface area contributed by atoms with E-state index in [4.69, 9.17) is 10.9 Å². The zero-order valence-electron chi connectivity index (χ0n) is 17.5. The molecule has 0 spiro atoms. The predicted octanol–water partition coefficient (Wildman–Crippen LogP) is 2.86. The maximum absolute atomic E-state index is 13.0. The van der Waals surface area contributed by atoms with Crippen LogP contribution in [0.1, 0.15) is 48.2 Å². The third-order valence-electron chi connectivity index (χ3n) is 5.08. The molecule has 0 amide bonds. The first-order valence-electron chi connectivity index (χ1n) is 10.0. The number of aliphatic imine (C=N–C) groups is 1. The number of sulfonamides is 1. The van der Waals surface area contributed by atoms with Gasteiger partial charge in [-0.25, -0.2) is 18.5 Å². The van der Waals surface area contributed by atoms with E-state index in [1.54, 1.807) is 17.5 Å². The second-order valence-electron chi connectivity index (χ2n) is 7.50. The van der Waals surface area contributed by atoms with Gasteiger partial charge in [-0.1, -0.05) is 12.1 Å². The minimum absolute atomic E-state index is 0.00878. The Hall–Kier alpha value is -2.32. The number of hydrogen-bond donors (Lipinski definition) is 4. The summed E-state index contributed by atoms with van der Waals surface area (Å²) < 4.78 is 61.6. The summed E-state index contributed by atoms with van der Waals surface area (Å²) in [6.45, 7) is 0.336. The Bertz CT molecular complexity index is 1140. The van der Waals surface area contributed by atoms with Crippen LogP contribution in [0.3, 0.4) is 0 Å². The van der Waals surface area contributed by atoms with Gasteiger partial charge in [0.05, 0.1) is 17.1 Å². The Balaban J connectivity index is 1.62. The Kier molecular flexibility index (Phi) is 7.90. The van der Waals surface area contributed by atoms with Crippen molar-refractivity contribution in [3.8, 4) is 0 Å². The summed E-state index contributed by atoms with van der Waals surface area (Å²) in [5, 5.41) is 20.4. The second kappa shape index (κ2) is 10.3. The highest BCUT2D eigenvalue weighted by Gasteiger charge is 2.35. The lowest BCUT2D eigenvalue weighted by Gasteiger charge is -2.20. The second-order valence-corrected chi connectivity index (χ2v) is 10.0. The number of rotatable bonds is 7. The summed E-state index contributed by atoms with van der Waals surface area (Å²) in [4.78, 5) is 8.63. The van der Waals surface area contributed by atoms with Crippen molar-refractivity contribution >= 4 is 27.1 Å². The topological polar surface area (TPSA) is 144 Å².